The predicted octanol–water partition coefficient (Wildman–Crippen LogP) is 1.45. The first kappa shape index (κ1) is 14.5. The molecule has 0 saturated carbocycles. The van der Waals surface area contributed by atoms with Gasteiger partial charge in [-0.1, -0.05) is 12.1 Å². The summed E-state index contributed by atoms with van der Waals surface area (Å²) in [4.78, 5) is 14.2. The number of hydrogen-bond donors (Lipinski definition) is 2. The van der Waals surface area contributed by atoms with Crippen LogP contribution in [0.4, 0.5) is 5.69 Å². The number of nitrogens with zero attached hydrogens (tertiary/aromatic N) is 2. The molecule has 0 aliphatic carbocycles. The molecule has 2 aromatic rings. The van der Waals surface area contributed by atoms with Crippen molar-refractivity contribution in [2.45, 2.75) is 4.90 Å². The minimum Gasteiger partial charge on any atom is -0.477 e. The normalized spacial score (nSPS) is 10.6. The lowest BCUT2D eigenvalue weighted by molar-refractivity contribution is 0.0690. The molecule has 0 atom stereocenters. The molecule has 0 amide bonds. The van der Waals surface area contributed by atoms with Crippen LogP contribution < -0.4 is 4.72 Å². The number of carboxylic acid groups (broad SMARTS) is 1. The minimum absolute atomic E-state index is 0.00230. The quantitative estimate of drug-likeness (QED) is 0.882. The summed E-state index contributed by atoms with van der Waals surface area (Å²) in [6.07, 6.45) is 1.18. The molecule has 0 saturated heterocycles. The van der Waals surface area contributed by atoms with E-state index >= 15 is 0 Å². The molecule has 0 fully saturated rings. The number of aromatic carboxylic acids is 1. The van der Waals surface area contributed by atoms with E-state index in [0.29, 0.717) is 0 Å². The Balaban J connectivity index is 2.41. The second-order valence-electron chi connectivity index (χ2n) is 3.95. The van der Waals surface area contributed by atoms with E-state index in [1.54, 1.807) is 12.1 Å². The van der Waals surface area contributed by atoms with Gasteiger partial charge in [0, 0.05) is 6.20 Å². The fraction of sp³-hybridized carbons (Fsp3) is 0. The van der Waals surface area contributed by atoms with Gasteiger partial charge in [0.25, 0.3) is 10.0 Å². The van der Waals surface area contributed by atoms with Crippen LogP contribution >= 0.6 is 0 Å². The summed E-state index contributed by atoms with van der Waals surface area (Å²) >= 11 is 0. The standard InChI is InChI=1S/C13H9N3O4S/c14-8-9-3-1-2-4-12(9)21(19,20)16-10-5-6-15-11(7-10)13(17)18/h1-7H,(H,15,16)(H,17,18). The van der Waals surface area contributed by atoms with E-state index in [2.05, 4.69) is 9.71 Å². The highest BCUT2D eigenvalue weighted by atomic mass is 32.2. The van der Waals surface area contributed by atoms with Crippen LogP contribution in [-0.4, -0.2) is 24.5 Å². The topological polar surface area (TPSA) is 120 Å². The lowest BCUT2D eigenvalue weighted by Crippen LogP contribution is -2.15. The van der Waals surface area contributed by atoms with Gasteiger partial charge < -0.3 is 5.11 Å². The number of nitriles is 1. The summed E-state index contributed by atoms with van der Waals surface area (Å²) in [6.45, 7) is 0. The number of hydrogen-bond acceptors (Lipinski definition) is 5. The molecule has 2 N–H and O–H groups in total. The zero-order valence-corrected chi connectivity index (χ0v) is 11.3. The van der Waals surface area contributed by atoms with E-state index in [1.165, 1.54) is 30.5 Å². The van der Waals surface area contributed by atoms with Gasteiger partial charge in [0.15, 0.2) is 0 Å². The number of sulfonamides is 1. The van der Waals surface area contributed by atoms with Crippen molar-refractivity contribution in [2.75, 3.05) is 4.72 Å². The summed E-state index contributed by atoms with van der Waals surface area (Å²) in [6, 6.07) is 9.91. The van der Waals surface area contributed by atoms with Crippen molar-refractivity contribution in [3.8, 4) is 6.07 Å². The molecule has 106 valence electrons. The van der Waals surface area contributed by atoms with Gasteiger partial charge in [0.1, 0.15) is 16.7 Å². The maximum Gasteiger partial charge on any atom is 0.354 e. The molecule has 0 aliphatic rings. The van der Waals surface area contributed by atoms with E-state index in [1.807, 2.05) is 0 Å². The van der Waals surface area contributed by atoms with E-state index in [0.717, 1.165) is 6.07 Å². The second-order valence-corrected chi connectivity index (χ2v) is 5.60. The van der Waals surface area contributed by atoms with Crippen molar-refractivity contribution in [1.82, 2.24) is 4.98 Å². The van der Waals surface area contributed by atoms with Gasteiger partial charge in [-0.25, -0.2) is 18.2 Å². The molecule has 0 radical (unpaired) electrons. The molecule has 0 bridgehead atoms. The monoisotopic (exact) mass is 303 g/mol. The number of benzene rings is 1. The fourth-order valence-corrected chi connectivity index (χ4v) is 2.82. The highest BCUT2D eigenvalue weighted by molar-refractivity contribution is 7.92. The molecule has 2 rings (SSSR count). The Morgan fingerprint density at radius 1 is 1.29 bits per heavy atom. The van der Waals surface area contributed by atoms with Gasteiger partial charge in [-0.3, -0.25) is 4.72 Å². The number of carbonyl (C=O) groups is 1. The molecule has 21 heavy (non-hydrogen) atoms. The molecule has 1 heterocycles. The van der Waals surface area contributed by atoms with Crippen LogP contribution in [0.15, 0.2) is 47.5 Å². The summed E-state index contributed by atoms with van der Waals surface area (Å²) in [5, 5.41) is 17.8. The number of anilines is 1. The molecule has 0 unspecified atom stereocenters. The number of nitrogens with one attached hydrogen (secondary N) is 1. The van der Waals surface area contributed by atoms with Crippen molar-refractivity contribution in [2.24, 2.45) is 0 Å². The Hall–Kier alpha value is -2.92. The first-order valence-electron chi connectivity index (χ1n) is 5.65. The van der Waals surface area contributed by atoms with Crippen LogP contribution in [0.1, 0.15) is 16.1 Å². The average molecular weight is 303 g/mol. The van der Waals surface area contributed by atoms with E-state index in [4.69, 9.17) is 10.4 Å². The van der Waals surface area contributed by atoms with Crippen molar-refractivity contribution < 1.29 is 18.3 Å². The molecule has 8 heteroatoms. The first-order chi connectivity index (χ1) is 9.94. The average Bonchev–Trinajstić information content (AvgIpc) is 2.47. The van der Waals surface area contributed by atoms with Gasteiger partial charge >= 0.3 is 5.97 Å². The largest absolute Gasteiger partial charge is 0.477 e. The number of aromatic nitrogens is 1. The Morgan fingerprint density at radius 3 is 2.67 bits per heavy atom. The van der Waals surface area contributed by atoms with Gasteiger partial charge in [0.2, 0.25) is 0 Å². The van der Waals surface area contributed by atoms with Crippen LogP contribution in [0.2, 0.25) is 0 Å². The molecule has 7 nitrogen and oxygen atoms in total. The zero-order chi connectivity index (χ0) is 15.5. The lowest BCUT2D eigenvalue weighted by Gasteiger charge is -2.09. The minimum atomic E-state index is -3.99. The van der Waals surface area contributed by atoms with E-state index < -0.39 is 16.0 Å². The van der Waals surface area contributed by atoms with Crippen LogP contribution in [0, 0.1) is 11.3 Å². The Labute approximate surface area is 120 Å². The third-order valence-electron chi connectivity index (χ3n) is 2.53. The molecule has 0 spiro atoms. The van der Waals surface area contributed by atoms with Gasteiger partial charge in [-0.05, 0) is 24.3 Å². The number of rotatable bonds is 4. The Kier molecular flexibility index (Phi) is 3.86. The van der Waals surface area contributed by atoms with Crippen LogP contribution in [0.5, 0.6) is 0 Å². The smallest absolute Gasteiger partial charge is 0.354 e. The third-order valence-corrected chi connectivity index (χ3v) is 3.97. The fourth-order valence-electron chi connectivity index (χ4n) is 1.61. The number of pyridine rings is 1. The zero-order valence-electron chi connectivity index (χ0n) is 10.5. The SMILES string of the molecule is N#Cc1ccccc1S(=O)(=O)Nc1ccnc(C(=O)O)c1. The second kappa shape index (κ2) is 5.60. The van der Waals surface area contributed by atoms with Crippen molar-refractivity contribution in [1.29, 1.82) is 5.26 Å². The predicted molar refractivity (Wildman–Crippen MR) is 73.2 cm³/mol. The molecular formula is C13H9N3O4S. The van der Waals surface area contributed by atoms with E-state index in [9.17, 15) is 13.2 Å². The Bertz CT molecular complexity index is 840. The van der Waals surface area contributed by atoms with Crippen molar-refractivity contribution in [3.63, 3.8) is 0 Å². The van der Waals surface area contributed by atoms with Crippen molar-refractivity contribution >= 4 is 21.7 Å². The lowest BCUT2D eigenvalue weighted by atomic mass is 10.2. The van der Waals surface area contributed by atoms with Gasteiger partial charge in [-0.2, -0.15) is 5.26 Å². The summed E-state index contributed by atoms with van der Waals surface area (Å²) < 4.78 is 26.7. The summed E-state index contributed by atoms with van der Waals surface area (Å²) in [7, 11) is -3.99. The highest BCUT2D eigenvalue weighted by Crippen LogP contribution is 2.19. The van der Waals surface area contributed by atoms with Crippen molar-refractivity contribution in [3.05, 3.63) is 53.9 Å². The van der Waals surface area contributed by atoms with Gasteiger partial charge in [0.05, 0.1) is 11.3 Å². The van der Waals surface area contributed by atoms with Gasteiger partial charge in [-0.15, -0.1) is 0 Å². The first-order valence-corrected chi connectivity index (χ1v) is 7.13. The molecule has 1 aromatic heterocycles. The maximum atomic E-state index is 12.2. The summed E-state index contributed by atoms with van der Waals surface area (Å²) in [5.74, 6) is -1.27. The third kappa shape index (κ3) is 3.16. The summed E-state index contributed by atoms with van der Waals surface area (Å²) in [5.41, 5.74) is -0.239. The van der Waals surface area contributed by atoms with Crippen LogP contribution in [-0.2, 0) is 10.0 Å². The Morgan fingerprint density at radius 2 is 2.00 bits per heavy atom. The number of carboxylic acids is 1. The van der Waals surface area contributed by atoms with E-state index in [-0.39, 0.29) is 21.8 Å². The maximum absolute atomic E-state index is 12.2. The molecular weight excluding hydrogens is 294 g/mol. The van der Waals surface area contributed by atoms with Crippen LogP contribution in [0.3, 0.4) is 0 Å². The molecule has 1 aromatic carbocycles. The van der Waals surface area contributed by atoms with Crippen LogP contribution in [0.25, 0.3) is 0 Å². The highest BCUT2D eigenvalue weighted by Gasteiger charge is 2.18. The molecule has 0 aliphatic heterocycles.